The highest BCUT2D eigenvalue weighted by Gasteiger charge is 2.12. The van der Waals surface area contributed by atoms with Gasteiger partial charge in [0.1, 0.15) is 11.5 Å². The van der Waals surface area contributed by atoms with Crippen molar-refractivity contribution in [2.45, 2.75) is 13.8 Å². The summed E-state index contributed by atoms with van der Waals surface area (Å²) in [7, 11) is 0. The van der Waals surface area contributed by atoms with Gasteiger partial charge in [-0.05, 0) is 49.2 Å². The van der Waals surface area contributed by atoms with Gasteiger partial charge in [-0.1, -0.05) is 18.2 Å². The minimum atomic E-state index is -0.915. The van der Waals surface area contributed by atoms with E-state index in [1.165, 1.54) is 0 Å². The Morgan fingerprint density at radius 2 is 1.67 bits per heavy atom. The fourth-order valence-corrected chi connectivity index (χ4v) is 1.75. The summed E-state index contributed by atoms with van der Waals surface area (Å²) in [6.07, 6.45) is 0. The summed E-state index contributed by atoms with van der Waals surface area (Å²) in [6, 6.07) is 12.7. The van der Waals surface area contributed by atoms with Gasteiger partial charge in [0.2, 0.25) is 0 Å². The largest absolute Gasteiger partial charge is 0.478 e. The topological polar surface area (TPSA) is 46.5 Å². The summed E-state index contributed by atoms with van der Waals surface area (Å²) < 4.78 is 5.73. The van der Waals surface area contributed by atoms with Crippen LogP contribution in [0.3, 0.4) is 0 Å². The maximum Gasteiger partial charge on any atom is 0.335 e. The SMILES string of the molecule is Cc1c(Oc2ccccc2)ccc(C(=O)O)c1C. The van der Waals surface area contributed by atoms with Crippen molar-refractivity contribution >= 4 is 5.97 Å². The van der Waals surface area contributed by atoms with Gasteiger partial charge in [-0.3, -0.25) is 0 Å². The van der Waals surface area contributed by atoms with Gasteiger partial charge in [0.05, 0.1) is 5.56 Å². The molecule has 0 aliphatic carbocycles. The number of carboxylic acids is 1. The Hall–Kier alpha value is -2.29. The molecule has 0 atom stereocenters. The van der Waals surface area contributed by atoms with Gasteiger partial charge in [-0.2, -0.15) is 0 Å². The van der Waals surface area contributed by atoms with Gasteiger partial charge < -0.3 is 9.84 Å². The number of benzene rings is 2. The van der Waals surface area contributed by atoms with Crippen molar-refractivity contribution in [2.24, 2.45) is 0 Å². The molecule has 0 heterocycles. The van der Waals surface area contributed by atoms with Gasteiger partial charge >= 0.3 is 5.97 Å². The lowest BCUT2D eigenvalue weighted by atomic mass is 10.0. The Morgan fingerprint density at radius 1 is 1.00 bits per heavy atom. The summed E-state index contributed by atoms with van der Waals surface area (Å²) in [4.78, 5) is 11.0. The van der Waals surface area contributed by atoms with Crippen molar-refractivity contribution in [3.63, 3.8) is 0 Å². The van der Waals surface area contributed by atoms with Gasteiger partial charge in [-0.15, -0.1) is 0 Å². The van der Waals surface area contributed by atoms with Crippen molar-refractivity contribution in [3.05, 3.63) is 59.2 Å². The molecule has 3 heteroatoms. The van der Waals surface area contributed by atoms with Crippen molar-refractivity contribution in [1.29, 1.82) is 0 Å². The zero-order valence-electron chi connectivity index (χ0n) is 10.3. The van der Waals surface area contributed by atoms with Gasteiger partial charge in [0.25, 0.3) is 0 Å². The Kier molecular flexibility index (Phi) is 3.33. The molecule has 0 spiro atoms. The van der Waals surface area contributed by atoms with Crippen LogP contribution in [-0.4, -0.2) is 11.1 Å². The highest BCUT2D eigenvalue weighted by atomic mass is 16.5. The average Bonchev–Trinajstić information content (AvgIpc) is 2.36. The van der Waals surface area contributed by atoms with Crippen LogP contribution in [0.15, 0.2) is 42.5 Å². The van der Waals surface area contributed by atoms with E-state index < -0.39 is 5.97 Å². The van der Waals surface area contributed by atoms with Gasteiger partial charge in [0, 0.05) is 0 Å². The van der Waals surface area contributed by atoms with Crippen LogP contribution in [0, 0.1) is 13.8 Å². The van der Waals surface area contributed by atoms with E-state index in [1.54, 1.807) is 19.1 Å². The van der Waals surface area contributed by atoms with Crippen LogP contribution in [0.5, 0.6) is 11.5 Å². The van der Waals surface area contributed by atoms with E-state index in [0.29, 0.717) is 11.3 Å². The normalized spacial score (nSPS) is 10.1. The van der Waals surface area contributed by atoms with Crippen molar-refractivity contribution in [2.75, 3.05) is 0 Å². The third-order valence-corrected chi connectivity index (χ3v) is 2.94. The molecule has 2 aromatic carbocycles. The Bertz CT molecular complexity index is 574. The first kappa shape index (κ1) is 12.2. The third kappa shape index (κ3) is 2.35. The second-order valence-corrected chi connectivity index (χ2v) is 4.08. The molecule has 3 nitrogen and oxygen atoms in total. The van der Waals surface area contributed by atoms with E-state index in [2.05, 4.69) is 0 Å². The standard InChI is InChI=1S/C15H14O3/c1-10-11(2)14(9-8-13(10)15(16)17)18-12-6-4-3-5-7-12/h3-9H,1-2H3,(H,16,17). The van der Waals surface area contributed by atoms with Crippen LogP contribution in [0.2, 0.25) is 0 Å². The molecule has 0 saturated carbocycles. The molecule has 0 bridgehead atoms. The Balaban J connectivity index is 2.36. The van der Waals surface area contributed by atoms with E-state index in [-0.39, 0.29) is 0 Å². The Labute approximate surface area is 106 Å². The van der Waals surface area contributed by atoms with E-state index in [1.807, 2.05) is 37.3 Å². The first-order chi connectivity index (χ1) is 8.59. The maximum atomic E-state index is 11.0. The van der Waals surface area contributed by atoms with Crippen molar-refractivity contribution < 1.29 is 14.6 Å². The fraction of sp³-hybridized carbons (Fsp3) is 0.133. The van der Waals surface area contributed by atoms with Crippen LogP contribution >= 0.6 is 0 Å². The van der Waals surface area contributed by atoms with E-state index >= 15 is 0 Å². The average molecular weight is 242 g/mol. The lowest BCUT2D eigenvalue weighted by Crippen LogP contribution is -2.02. The highest BCUT2D eigenvalue weighted by Crippen LogP contribution is 2.28. The number of carboxylic acid groups (broad SMARTS) is 1. The predicted molar refractivity (Wildman–Crippen MR) is 69.4 cm³/mol. The Morgan fingerprint density at radius 3 is 2.28 bits per heavy atom. The molecular weight excluding hydrogens is 228 g/mol. The van der Waals surface area contributed by atoms with Crippen LogP contribution in [0.4, 0.5) is 0 Å². The summed E-state index contributed by atoms with van der Waals surface area (Å²) in [5.41, 5.74) is 1.89. The highest BCUT2D eigenvalue weighted by molar-refractivity contribution is 5.90. The molecule has 1 N–H and O–H groups in total. The third-order valence-electron chi connectivity index (χ3n) is 2.94. The second kappa shape index (κ2) is 4.92. The summed E-state index contributed by atoms with van der Waals surface area (Å²) in [6.45, 7) is 3.65. The van der Waals surface area contributed by atoms with Crippen molar-refractivity contribution in [3.8, 4) is 11.5 Å². The number of ether oxygens (including phenoxy) is 1. The van der Waals surface area contributed by atoms with Crippen molar-refractivity contribution in [1.82, 2.24) is 0 Å². The molecule has 2 rings (SSSR count). The summed E-state index contributed by atoms with van der Waals surface area (Å²) in [5.74, 6) is 0.508. The number of hydrogen-bond acceptors (Lipinski definition) is 2. The molecule has 0 saturated heterocycles. The number of rotatable bonds is 3. The van der Waals surface area contributed by atoms with E-state index in [4.69, 9.17) is 9.84 Å². The number of hydrogen-bond donors (Lipinski definition) is 1. The molecule has 0 fully saturated rings. The molecule has 2 aromatic rings. The molecule has 92 valence electrons. The van der Waals surface area contributed by atoms with Crippen LogP contribution in [-0.2, 0) is 0 Å². The first-order valence-electron chi connectivity index (χ1n) is 5.66. The zero-order chi connectivity index (χ0) is 13.1. The molecular formula is C15H14O3. The number of para-hydroxylation sites is 1. The fourth-order valence-electron chi connectivity index (χ4n) is 1.75. The van der Waals surface area contributed by atoms with Crippen LogP contribution in [0.1, 0.15) is 21.5 Å². The quantitative estimate of drug-likeness (QED) is 0.890. The molecule has 0 aliphatic rings. The van der Waals surface area contributed by atoms with Gasteiger partial charge in [0.15, 0.2) is 0 Å². The molecule has 0 radical (unpaired) electrons. The minimum absolute atomic E-state index is 0.313. The van der Waals surface area contributed by atoms with Crippen LogP contribution in [0.25, 0.3) is 0 Å². The lowest BCUT2D eigenvalue weighted by Gasteiger charge is -2.12. The molecule has 18 heavy (non-hydrogen) atoms. The summed E-state index contributed by atoms with van der Waals surface area (Å²) >= 11 is 0. The predicted octanol–water partition coefficient (Wildman–Crippen LogP) is 3.79. The first-order valence-corrected chi connectivity index (χ1v) is 5.66. The summed E-state index contributed by atoms with van der Waals surface area (Å²) in [5, 5.41) is 9.03. The second-order valence-electron chi connectivity index (χ2n) is 4.08. The monoisotopic (exact) mass is 242 g/mol. The lowest BCUT2D eigenvalue weighted by molar-refractivity contribution is 0.0696. The van der Waals surface area contributed by atoms with Gasteiger partial charge in [-0.25, -0.2) is 4.79 Å². The molecule has 0 aromatic heterocycles. The molecule has 0 unspecified atom stereocenters. The van der Waals surface area contributed by atoms with E-state index in [9.17, 15) is 4.79 Å². The number of carbonyl (C=O) groups is 1. The number of aromatic carboxylic acids is 1. The van der Waals surface area contributed by atoms with Crippen LogP contribution < -0.4 is 4.74 Å². The maximum absolute atomic E-state index is 11.0. The molecule has 0 aliphatic heterocycles. The zero-order valence-corrected chi connectivity index (χ0v) is 10.3. The smallest absolute Gasteiger partial charge is 0.335 e. The molecule has 0 amide bonds. The van der Waals surface area contributed by atoms with E-state index in [0.717, 1.165) is 16.9 Å². The minimum Gasteiger partial charge on any atom is -0.478 e.